The van der Waals surface area contributed by atoms with Crippen LogP contribution in [0.4, 0.5) is 0 Å². The molecular formula is C14H16O. The first-order chi connectivity index (χ1) is 7.27. The Morgan fingerprint density at radius 2 is 1.87 bits per heavy atom. The van der Waals surface area contributed by atoms with E-state index < -0.39 is 0 Å². The zero-order valence-corrected chi connectivity index (χ0v) is 9.07. The average molecular weight is 200 g/mol. The SMILES string of the molecule is C=CC(C)=C(C=C)OCc1ccccc1. The van der Waals surface area contributed by atoms with Gasteiger partial charge in [0.2, 0.25) is 0 Å². The van der Waals surface area contributed by atoms with Gasteiger partial charge in [0.15, 0.2) is 0 Å². The highest BCUT2D eigenvalue weighted by Gasteiger charge is 1.97. The van der Waals surface area contributed by atoms with E-state index in [4.69, 9.17) is 4.74 Å². The number of benzene rings is 1. The molecule has 1 aromatic carbocycles. The van der Waals surface area contributed by atoms with Gasteiger partial charge >= 0.3 is 0 Å². The molecule has 0 radical (unpaired) electrons. The van der Waals surface area contributed by atoms with E-state index in [1.54, 1.807) is 12.2 Å². The fourth-order valence-electron chi connectivity index (χ4n) is 1.17. The van der Waals surface area contributed by atoms with Gasteiger partial charge in [0.25, 0.3) is 0 Å². The van der Waals surface area contributed by atoms with E-state index in [1.807, 2.05) is 37.3 Å². The smallest absolute Gasteiger partial charge is 0.122 e. The van der Waals surface area contributed by atoms with Gasteiger partial charge in [-0.15, -0.1) is 0 Å². The van der Waals surface area contributed by atoms with Gasteiger partial charge in [0.1, 0.15) is 12.4 Å². The molecule has 0 aromatic heterocycles. The van der Waals surface area contributed by atoms with Gasteiger partial charge in [-0.2, -0.15) is 0 Å². The van der Waals surface area contributed by atoms with E-state index >= 15 is 0 Å². The maximum Gasteiger partial charge on any atom is 0.122 e. The molecule has 0 bridgehead atoms. The average Bonchev–Trinajstić information content (AvgIpc) is 2.31. The number of hydrogen-bond acceptors (Lipinski definition) is 1. The molecule has 78 valence electrons. The van der Waals surface area contributed by atoms with Crippen molar-refractivity contribution in [2.75, 3.05) is 0 Å². The van der Waals surface area contributed by atoms with Crippen molar-refractivity contribution in [2.45, 2.75) is 13.5 Å². The number of allylic oxidation sites excluding steroid dienone is 3. The van der Waals surface area contributed by atoms with Crippen LogP contribution in [-0.4, -0.2) is 0 Å². The van der Waals surface area contributed by atoms with Crippen LogP contribution in [0.15, 0.2) is 67.0 Å². The predicted molar refractivity (Wildman–Crippen MR) is 64.3 cm³/mol. The fourth-order valence-corrected chi connectivity index (χ4v) is 1.17. The van der Waals surface area contributed by atoms with Crippen molar-refractivity contribution >= 4 is 0 Å². The summed E-state index contributed by atoms with van der Waals surface area (Å²) < 4.78 is 5.62. The van der Waals surface area contributed by atoms with Crippen molar-refractivity contribution in [3.05, 3.63) is 72.5 Å². The van der Waals surface area contributed by atoms with Crippen LogP contribution >= 0.6 is 0 Å². The standard InChI is InChI=1S/C14H16O/c1-4-12(3)14(5-2)15-11-13-9-7-6-8-10-13/h4-10H,1-2,11H2,3H3. The summed E-state index contributed by atoms with van der Waals surface area (Å²) in [6, 6.07) is 10.0. The molecule has 1 aromatic rings. The van der Waals surface area contributed by atoms with Gasteiger partial charge in [-0.1, -0.05) is 49.6 Å². The first kappa shape index (κ1) is 11.3. The lowest BCUT2D eigenvalue weighted by Gasteiger charge is -2.08. The third-order valence-electron chi connectivity index (χ3n) is 2.12. The molecule has 1 heteroatoms. The first-order valence-electron chi connectivity index (χ1n) is 4.90. The van der Waals surface area contributed by atoms with Crippen LogP contribution in [-0.2, 0) is 11.3 Å². The van der Waals surface area contributed by atoms with Gasteiger partial charge in [-0.25, -0.2) is 0 Å². The Labute approximate surface area is 91.4 Å². The topological polar surface area (TPSA) is 9.23 Å². The summed E-state index contributed by atoms with van der Waals surface area (Å²) in [6.07, 6.45) is 3.47. The molecule has 1 nitrogen and oxygen atoms in total. The zero-order valence-electron chi connectivity index (χ0n) is 9.07. The van der Waals surface area contributed by atoms with Crippen molar-refractivity contribution in [3.8, 4) is 0 Å². The second-order valence-corrected chi connectivity index (χ2v) is 3.23. The predicted octanol–water partition coefficient (Wildman–Crippen LogP) is 3.85. The molecule has 0 saturated heterocycles. The van der Waals surface area contributed by atoms with Gasteiger partial charge in [-0.05, 0) is 24.1 Å². The highest BCUT2D eigenvalue weighted by Crippen LogP contribution is 2.11. The summed E-state index contributed by atoms with van der Waals surface area (Å²) in [4.78, 5) is 0. The van der Waals surface area contributed by atoms with E-state index in [0.717, 1.165) is 16.9 Å². The number of hydrogen-bond donors (Lipinski definition) is 0. The molecule has 0 atom stereocenters. The molecule has 0 aliphatic heterocycles. The molecule has 0 amide bonds. The lowest BCUT2D eigenvalue weighted by molar-refractivity contribution is 0.209. The maximum atomic E-state index is 5.62. The molecule has 0 fully saturated rings. The highest BCUT2D eigenvalue weighted by atomic mass is 16.5. The van der Waals surface area contributed by atoms with Crippen molar-refractivity contribution in [1.29, 1.82) is 0 Å². The lowest BCUT2D eigenvalue weighted by Crippen LogP contribution is -1.93. The second-order valence-electron chi connectivity index (χ2n) is 3.23. The van der Waals surface area contributed by atoms with Crippen LogP contribution in [0.5, 0.6) is 0 Å². The van der Waals surface area contributed by atoms with Crippen LogP contribution in [0.25, 0.3) is 0 Å². The minimum absolute atomic E-state index is 0.563. The normalized spacial score (nSPS) is 11.5. The monoisotopic (exact) mass is 200 g/mol. The molecule has 0 N–H and O–H groups in total. The second kappa shape index (κ2) is 5.86. The Morgan fingerprint density at radius 3 is 2.40 bits per heavy atom. The lowest BCUT2D eigenvalue weighted by atomic mass is 10.2. The van der Waals surface area contributed by atoms with Crippen LogP contribution in [0.1, 0.15) is 12.5 Å². The molecule has 0 saturated carbocycles. The molecule has 0 unspecified atom stereocenters. The van der Waals surface area contributed by atoms with Crippen molar-refractivity contribution in [2.24, 2.45) is 0 Å². The summed E-state index contributed by atoms with van der Waals surface area (Å²) in [7, 11) is 0. The van der Waals surface area contributed by atoms with Crippen molar-refractivity contribution in [1.82, 2.24) is 0 Å². The Morgan fingerprint density at radius 1 is 1.20 bits per heavy atom. The van der Waals surface area contributed by atoms with E-state index in [0.29, 0.717) is 6.61 Å². The van der Waals surface area contributed by atoms with E-state index in [9.17, 15) is 0 Å². The molecule has 0 spiro atoms. The summed E-state index contributed by atoms with van der Waals surface area (Å²) in [5, 5.41) is 0. The molecule has 0 heterocycles. The van der Waals surface area contributed by atoms with Gasteiger partial charge in [0.05, 0.1) is 0 Å². The number of rotatable bonds is 5. The zero-order chi connectivity index (χ0) is 11.1. The van der Waals surface area contributed by atoms with Gasteiger partial charge < -0.3 is 4.74 Å². The minimum atomic E-state index is 0.563. The summed E-state index contributed by atoms with van der Waals surface area (Å²) in [6.45, 7) is 9.93. The third-order valence-corrected chi connectivity index (χ3v) is 2.12. The minimum Gasteiger partial charge on any atom is -0.489 e. The Hall–Kier alpha value is -1.76. The summed E-state index contributed by atoms with van der Waals surface area (Å²) in [5.41, 5.74) is 2.15. The van der Waals surface area contributed by atoms with Crippen LogP contribution in [0.3, 0.4) is 0 Å². The van der Waals surface area contributed by atoms with Gasteiger partial charge in [0, 0.05) is 0 Å². The Kier molecular flexibility index (Phi) is 4.42. The molecule has 0 aliphatic carbocycles. The third kappa shape index (κ3) is 3.47. The maximum absolute atomic E-state index is 5.62. The van der Waals surface area contributed by atoms with Crippen LogP contribution < -0.4 is 0 Å². The molecule has 15 heavy (non-hydrogen) atoms. The highest BCUT2D eigenvalue weighted by molar-refractivity contribution is 5.25. The molecule has 1 rings (SSSR count). The van der Waals surface area contributed by atoms with Gasteiger partial charge in [-0.3, -0.25) is 0 Å². The quantitative estimate of drug-likeness (QED) is 0.518. The molecule has 0 aliphatic rings. The van der Waals surface area contributed by atoms with E-state index in [1.165, 1.54) is 0 Å². The fraction of sp³-hybridized carbons (Fsp3) is 0.143. The van der Waals surface area contributed by atoms with E-state index in [-0.39, 0.29) is 0 Å². The van der Waals surface area contributed by atoms with Crippen molar-refractivity contribution < 1.29 is 4.74 Å². The molecular weight excluding hydrogens is 184 g/mol. The van der Waals surface area contributed by atoms with Crippen LogP contribution in [0, 0.1) is 0 Å². The largest absolute Gasteiger partial charge is 0.489 e. The summed E-state index contributed by atoms with van der Waals surface area (Å²) >= 11 is 0. The first-order valence-corrected chi connectivity index (χ1v) is 4.90. The van der Waals surface area contributed by atoms with Crippen LogP contribution in [0.2, 0.25) is 0 Å². The Bertz CT molecular complexity index is 360. The number of ether oxygens (including phenoxy) is 1. The Balaban J connectivity index is 2.64. The van der Waals surface area contributed by atoms with E-state index in [2.05, 4.69) is 13.2 Å². The summed E-state index contributed by atoms with van der Waals surface area (Å²) in [5.74, 6) is 0.786. The van der Waals surface area contributed by atoms with Crippen molar-refractivity contribution in [3.63, 3.8) is 0 Å².